The summed E-state index contributed by atoms with van der Waals surface area (Å²) in [6.07, 6.45) is -1.74. The summed E-state index contributed by atoms with van der Waals surface area (Å²) in [6, 6.07) is 6.43. The number of hydrogen-bond donors (Lipinski definition) is 1. The lowest BCUT2D eigenvalue weighted by molar-refractivity contribution is -0.147. The number of rotatable bonds is 6. The third kappa shape index (κ3) is 4.20. The molecule has 168 valence electrons. The van der Waals surface area contributed by atoms with Gasteiger partial charge in [0.15, 0.2) is 0 Å². The Kier molecular flexibility index (Phi) is 5.46. The molecule has 6 nitrogen and oxygen atoms in total. The molecule has 0 unspecified atom stereocenters. The van der Waals surface area contributed by atoms with Gasteiger partial charge in [-0.05, 0) is 56.0 Å². The van der Waals surface area contributed by atoms with E-state index < -0.39 is 33.0 Å². The van der Waals surface area contributed by atoms with Gasteiger partial charge in [0.2, 0.25) is 10.0 Å². The molecular weight excluding hydrogens is 448 g/mol. The van der Waals surface area contributed by atoms with Crippen molar-refractivity contribution in [1.29, 1.82) is 5.26 Å². The minimum Gasteiger partial charge on any atom is -0.338 e. The highest BCUT2D eigenvalue weighted by Gasteiger charge is 2.39. The molecule has 1 aliphatic rings. The largest absolute Gasteiger partial charge is 0.404 e. The Labute approximate surface area is 181 Å². The number of nitrogens with zero attached hydrogens (tertiary/aromatic N) is 3. The Hall–Kier alpha value is -2.97. The molecule has 0 radical (unpaired) electrons. The van der Waals surface area contributed by atoms with E-state index >= 15 is 0 Å². The van der Waals surface area contributed by atoms with E-state index in [1.165, 1.54) is 18.2 Å². The van der Waals surface area contributed by atoms with Crippen LogP contribution in [0.25, 0.3) is 22.3 Å². The van der Waals surface area contributed by atoms with Crippen LogP contribution >= 0.6 is 0 Å². The first-order valence-corrected chi connectivity index (χ1v) is 11.3. The molecule has 1 atom stereocenters. The number of halogens is 4. The molecule has 0 saturated heterocycles. The van der Waals surface area contributed by atoms with Crippen LogP contribution < -0.4 is 4.72 Å². The average Bonchev–Trinajstić information content (AvgIpc) is 3.48. The molecule has 2 heterocycles. The Bertz CT molecular complexity index is 1320. The molecule has 3 aromatic rings. The number of pyridine rings is 1. The van der Waals surface area contributed by atoms with E-state index in [0.717, 1.165) is 25.1 Å². The van der Waals surface area contributed by atoms with Gasteiger partial charge in [-0.2, -0.15) is 23.2 Å². The summed E-state index contributed by atoms with van der Waals surface area (Å²) in [4.78, 5) is 3.70. The SMILES string of the molecule is C[C@H](NS(=O)(=O)c1ccc(-c2c(C#N)c3cc(F)ccc3n2CC2CC2)nc1)C(F)(F)F. The molecule has 1 N–H and O–H groups in total. The van der Waals surface area contributed by atoms with Crippen LogP contribution in [0.4, 0.5) is 17.6 Å². The van der Waals surface area contributed by atoms with E-state index in [1.807, 2.05) is 4.57 Å². The Morgan fingerprint density at radius 1 is 1.28 bits per heavy atom. The Morgan fingerprint density at radius 2 is 2.00 bits per heavy atom. The van der Waals surface area contributed by atoms with E-state index in [9.17, 15) is 31.2 Å². The topological polar surface area (TPSA) is 87.8 Å². The number of sulfonamides is 1. The lowest BCUT2D eigenvalue weighted by Gasteiger charge is -2.17. The smallest absolute Gasteiger partial charge is 0.338 e. The van der Waals surface area contributed by atoms with Crippen molar-refractivity contribution < 1.29 is 26.0 Å². The van der Waals surface area contributed by atoms with Crippen molar-refractivity contribution in [2.75, 3.05) is 0 Å². The van der Waals surface area contributed by atoms with E-state index in [1.54, 1.807) is 10.8 Å². The van der Waals surface area contributed by atoms with E-state index in [4.69, 9.17) is 0 Å². The van der Waals surface area contributed by atoms with Crippen LogP contribution in [-0.2, 0) is 16.6 Å². The highest BCUT2D eigenvalue weighted by Crippen LogP contribution is 2.38. The number of hydrogen-bond acceptors (Lipinski definition) is 4. The lowest BCUT2D eigenvalue weighted by Crippen LogP contribution is -2.42. The monoisotopic (exact) mass is 466 g/mol. The van der Waals surface area contributed by atoms with Gasteiger partial charge in [0, 0.05) is 18.1 Å². The molecule has 0 aliphatic heterocycles. The molecule has 2 aromatic heterocycles. The van der Waals surface area contributed by atoms with E-state index in [0.29, 0.717) is 36.0 Å². The van der Waals surface area contributed by atoms with Crippen molar-refractivity contribution in [3.05, 3.63) is 47.9 Å². The van der Waals surface area contributed by atoms with Crippen LogP contribution in [0.15, 0.2) is 41.4 Å². The predicted octanol–water partition coefficient (Wildman–Crippen LogP) is 4.35. The maximum absolute atomic E-state index is 13.9. The van der Waals surface area contributed by atoms with Gasteiger partial charge in [-0.15, -0.1) is 0 Å². The summed E-state index contributed by atoms with van der Waals surface area (Å²) >= 11 is 0. The third-order valence-corrected chi connectivity index (χ3v) is 6.91. The maximum Gasteiger partial charge on any atom is 0.404 e. The first-order valence-electron chi connectivity index (χ1n) is 9.78. The van der Waals surface area contributed by atoms with Crippen LogP contribution in [0.2, 0.25) is 0 Å². The molecule has 11 heteroatoms. The van der Waals surface area contributed by atoms with Gasteiger partial charge in [-0.1, -0.05) is 0 Å². The molecular formula is C21H18F4N4O2S. The van der Waals surface area contributed by atoms with E-state index in [-0.39, 0.29) is 11.3 Å². The minimum atomic E-state index is -4.73. The summed E-state index contributed by atoms with van der Waals surface area (Å²) in [6.45, 7) is 1.29. The number of aromatic nitrogens is 2. The molecule has 0 amide bonds. The molecule has 0 spiro atoms. The van der Waals surface area contributed by atoms with Crippen LogP contribution in [0.1, 0.15) is 25.3 Å². The van der Waals surface area contributed by atoms with Gasteiger partial charge in [-0.25, -0.2) is 12.8 Å². The van der Waals surface area contributed by atoms with Gasteiger partial charge in [0.25, 0.3) is 0 Å². The second-order valence-electron chi connectivity index (χ2n) is 7.81. The van der Waals surface area contributed by atoms with Crippen LogP contribution in [0.3, 0.4) is 0 Å². The fourth-order valence-electron chi connectivity index (χ4n) is 3.50. The number of alkyl halides is 3. The zero-order valence-corrected chi connectivity index (χ0v) is 17.6. The summed E-state index contributed by atoms with van der Waals surface area (Å²) < 4.78 is 80.2. The Balaban J connectivity index is 1.77. The summed E-state index contributed by atoms with van der Waals surface area (Å²) in [5.41, 5.74) is 1.54. The average molecular weight is 466 g/mol. The number of benzene rings is 1. The lowest BCUT2D eigenvalue weighted by atomic mass is 10.1. The van der Waals surface area contributed by atoms with Crippen LogP contribution in [-0.4, -0.2) is 30.2 Å². The summed E-state index contributed by atoms with van der Waals surface area (Å²) in [5.74, 6) is -0.0861. The van der Waals surface area contributed by atoms with Crippen molar-refractivity contribution in [3.63, 3.8) is 0 Å². The molecule has 1 aromatic carbocycles. The number of nitriles is 1. The van der Waals surface area contributed by atoms with Crippen molar-refractivity contribution in [1.82, 2.24) is 14.3 Å². The zero-order valence-electron chi connectivity index (χ0n) is 16.8. The highest BCUT2D eigenvalue weighted by atomic mass is 32.2. The molecule has 32 heavy (non-hydrogen) atoms. The van der Waals surface area contributed by atoms with Crippen LogP contribution in [0, 0.1) is 23.1 Å². The van der Waals surface area contributed by atoms with Crippen molar-refractivity contribution in [3.8, 4) is 17.5 Å². The Morgan fingerprint density at radius 3 is 2.56 bits per heavy atom. The number of nitrogens with one attached hydrogen (secondary N) is 1. The first kappa shape index (κ1) is 22.2. The first-order chi connectivity index (χ1) is 15.0. The van der Waals surface area contributed by atoms with E-state index in [2.05, 4.69) is 11.1 Å². The maximum atomic E-state index is 13.9. The molecule has 1 saturated carbocycles. The molecule has 4 rings (SSSR count). The standard InChI is InChI=1S/C21H18F4N4O2S/c1-12(21(23,24)25)28-32(30,31)15-5-6-18(27-10-15)20-17(9-26)16-8-14(22)4-7-19(16)29(20)11-13-2-3-13/h4-8,10,12-13,28H,2-3,11H2,1H3/t12-/m0/s1. The number of fused-ring (bicyclic) bond motifs is 1. The normalized spacial score (nSPS) is 15.6. The van der Waals surface area contributed by atoms with Gasteiger partial charge in [0.05, 0.1) is 22.5 Å². The van der Waals surface area contributed by atoms with Crippen molar-refractivity contribution in [2.45, 2.75) is 43.4 Å². The van der Waals surface area contributed by atoms with Crippen molar-refractivity contribution in [2.24, 2.45) is 5.92 Å². The molecule has 1 aliphatic carbocycles. The highest BCUT2D eigenvalue weighted by molar-refractivity contribution is 7.89. The van der Waals surface area contributed by atoms with Gasteiger partial charge < -0.3 is 4.57 Å². The molecule has 0 bridgehead atoms. The fraction of sp³-hybridized carbons (Fsp3) is 0.333. The van der Waals surface area contributed by atoms with Crippen molar-refractivity contribution >= 4 is 20.9 Å². The van der Waals surface area contributed by atoms with Gasteiger partial charge in [0.1, 0.15) is 22.8 Å². The third-order valence-electron chi connectivity index (χ3n) is 5.39. The quantitative estimate of drug-likeness (QED) is 0.547. The zero-order chi connectivity index (χ0) is 23.3. The predicted molar refractivity (Wildman–Crippen MR) is 108 cm³/mol. The minimum absolute atomic E-state index is 0.201. The second kappa shape index (κ2) is 7.86. The summed E-state index contributed by atoms with van der Waals surface area (Å²) in [5, 5.41) is 10.2. The summed E-state index contributed by atoms with van der Waals surface area (Å²) in [7, 11) is -4.46. The van der Waals surface area contributed by atoms with Gasteiger partial charge in [-0.3, -0.25) is 4.98 Å². The molecule has 1 fully saturated rings. The fourth-order valence-corrected chi connectivity index (χ4v) is 4.68. The van der Waals surface area contributed by atoms with Crippen LogP contribution in [0.5, 0.6) is 0 Å². The van der Waals surface area contributed by atoms with Gasteiger partial charge >= 0.3 is 6.18 Å². The second-order valence-corrected chi connectivity index (χ2v) is 9.53.